The van der Waals surface area contributed by atoms with Crippen LogP contribution in [0.5, 0.6) is 0 Å². The summed E-state index contributed by atoms with van der Waals surface area (Å²) < 4.78 is 22.2. The molecule has 0 atom stereocenters. The summed E-state index contributed by atoms with van der Waals surface area (Å²) in [6.07, 6.45) is 0. The Morgan fingerprint density at radius 2 is 0.699 bits per heavy atom. The van der Waals surface area contributed by atoms with E-state index in [0.717, 1.165) is 71.6 Å². The zero-order chi connectivity index (χ0) is 50.4. The second-order valence-corrected chi connectivity index (χ2v) is 20.3. The Hall–Kier alpha value is -8.78. The number of aryl methyl sites for hydroxylation is 8. The van der Waals surface area contributed by atoms with Crippen LogP contribution in [0.1, 0.15) is 44.5 Å². The van der Waals surface area contributed by atoms with Crippen molar-refractivity contribution in [3.63, 3.8) is 0 Å². The van der Waals surface area contributed by atoms with Crippen molar-refractivity contribution < 1.29 is 4.39 Å². The minimum absolute atomic E-state index is 0.371. The van der Waals surface area contributed by atoms with E-state index in [2.05, 4.69) is 215 Å². The fourth-order valence-electron chi connectivity index (χ4n) is 11.7. The van der Waals surface area contributed by atoms with E-state index in [1.54, 1.807) is 6.07 Å². The molecule has 4 heteroatoms. The van der Waals surface area contributed by atoms with Crippen LogP contribution in [0.3, 0.4) is 0 Å². The van der Waals surface area contributed by atoms with Crippen LogP contribution in [0.2, 0.25) is 0 Å². The summed E-state index contributed by atoms with van der Waals surface area (Å²) in [6, 6.07) is 64.5. The quantitative estimate of drug-likeness (QED) is 0.141. The van der Waals surface area contributed by atoms with Crippen molar-refractivity contribution in [2.45, 2.75) is 55.4 Å². The van der Waals surface area contributed by atoms with Gasteiger partial charge in [-0.25, -0.2) is 9.24 Å². The van der Waals surface area contributed by atoms with Gasteiger partial charge in [0.2, 0.25) is 0 Å². The number of rotatable bonds is 7. The molecule has 0 saturated carbocycles. The fourth-order valence-corrected chi connectivity index (χ4v) is 11.7. The molecule has 0 aliphatic heterocycles. The Morgan fingerprint density at radius 3 is 1.04 bits per heavy atom. The Labute approximate surface area is 426 Å². The van der Waals surface area contributed by atoms with Crippen molar-refractivity contribution in [3.05, 3.63) is 244 Å². The molecule has 0 fully saturated rings. The molecule has 0 unspecified atom stereocenters. The van der Waals surface area contributed by atoms with E-state index in [1.807, 2.05) is 30.3 Å². The number of aromatic nitrogens is 2. The number of fused-ring (bicyclic) bond motifs is 6. The summed E-state index contributed by atoms with van der Waals surface area (Å²) in [6.45, 7) is 25.5. The molecule has 3 nitrogen and oxygen atoms in total. The lowest BCUT2D eigenvalue weighted by molar-refractivity contribution is 0.630. The normalized spacial score (nSPS) is 11.6. The average molecular weight is 944 g/mol. The van der Waals surface area contributed by atoms with Crippen molar-refractivity contribution in [1.82, 2.24) is 9.13 Å². The lowest BCUT2D eigenvalue weighted by Gasteiger charge is -2.20. The number of nitrogens with zero attached hydrogens (tertiary/aromatic N) is 3. The molecular weight excluding hydrogens is 890 g/mol. The first-order valence-electron chi connectivity index (χ1n) is 25.1. The highest BCUT2D eigenvalue weighted by atomic mass is 19.1. The van der Waals surface area contributed by atoms with Crippen molar-refractivity contribution >= 4 is 49.3 Å². The van der Waals surface area contributed by atoms with E-state index in [-0.39, 0.29) is 5.82 Å². The highest BCUT2D eigenvalue weighted by molar-refractivity contribution is 6.14. The third kappa shape index (κ3) is 7.63. The summed E-state index contributed by atoms with van der Waals surface area (Å²) in [7, 11) is 0. The summed E-state index contributed by atoms with van der Waals surface area (Å²) in [5.74, 6) is -0.371. The van der Waals surface area contributed by atoms with E-state index in [0.29, 0.717) is 22.5 Å². The summed E-state index contributed by atoms with van der Waals surface area (Å²) in [5, 5.41) is 4.33. The van der Waals surface area contributed by atoms with Crippen LogP contribution in [0.25, 0.3) is 115 Å². The standard InChI is InChI=1S/C69H54FN3/c1-40-13-22-53(44(5)31-40)48-17-26-63-57(35-48)58-36-49(54-23-14-41(2)32-45(54)6)18-27-64(58)72(63)67-30-21-52(71-9)39-61(67)69-62(70)11-10-12-68(69)73-65-28-19-50(55-24-15-42(3)33-46(55)7)37-59(65)60-38-51(20-29-66(60)73)56-25-16-43(4)34-47(56)8/h10-39H,1-8H3. The minimum atomic E-state index is -0.371. The highest BCUT2D eigenvalue weighted by Gasteiger charge is 2.25. The van der Waals surface area contributed by atoms with E-state index >= 15 is 4.39 Å². The average Bonchev–Trinajstić information content (AvgIpc) is 3.87. The van der Waals surface area contributed by atoms with E-state index < -0.39 is 0 Å². The number of halogens is 1. The highest BCUT2D eigenvalue weighted by Crippen LogP contribution is 2.46. The van der Waals surface area contributed by atoms with Gasteiger partial charge in [-0.2, -0.15) is 0 Å². The molecule has 352 valence electrons. The third-order valence-corrected chi connectivity index (χ3v) is 15.2. The molecule has 0 amide bonds. The van der Waals surface area contributed by atoms with Crippen LogP contribution >= 0.6 is 0 Å². The van der Waals surface area contributed by atoms with Gasteiger partial charge in [0.05, 0.1) is 40.0 Å². The second-order valence-electron chi connectivity index (χ2n) is 20.3. The van der Waals surface area contributed by atoms with Gasteiger partial charge in [0.1, 0.15) is 5.82 Å². The first-order chi connectivity index (χ1) is 35.3. The maximum atomic E-state index is 17.7. The topological polar surface area (TPSA) is 14.2 Å². The fraction of sp³-hybridized carbons (Fsp3) is 0.116. The smallest absolute Gasteiger partial charge is 0.188 e. The molecule has 0 N–H and O–H groups in total. The van der Waals surface area contributed by atoms with Crippen molar-refractivity contribution in [2.24, 2.45) is 0 Å². The van der Waals surface area contributed by atoms with Crippen LogP contribution in [-0.2, 0) is 0 Å². The van der Waals surface area contributed by atoms with Crippen LogP contribution in [0.4, 0.5) is 10.1 Å². The van der Waals surface area contributed by atoms with Gasteiger partial charge < -0.3 is 9.13 Å². The van der Waals surface area contributed by atoms with Crippen LogP contribution < -0.4 is 0 Å². The lowest BCUT2D eigenvalue weighted by atomic mass is 9.95. The predicted octanol–water partition coefficient (Wildman–Crippen LogP) is 19.4. The molecule has 0 saturated heterocycles. The molecule has 0 bridgehead atoms. The van der Waals surface area contributed by atoms with Gasteiger partial charge in [0.15, 0.2) is 5.69 Å². The van der Waals surface area contributed by atoms with Crippen LogP contribution in [0, 0.1) is 67.8 Å². The molecule has 12 aromatic rings. The van der Waals surface area contributed by atoms with E-state index in [1.165, 1.54) is 66.8 Å². The summed E-state index contributed by atoms with van der Waals surface area (Å²) >= 11 is 0. The Morgan fingerprint density at radius 1 is 0.342 bits per heavy atom. The first-order valence-corrected chi connectivity index (χ1v) is 25.1. The van der Waals surface area contributed by atoms with Gasteiger partial charge in [0, 0.05) is 32.7 Å². The maximum Gasteiger partial charge on any atom is 0.188 e. The predicted molar refractivity (Wildman–Crippen MR) is 306 cm³/mol. The molecule has 2 aromatic heterocycles. The molecular formula is C69H54FN3. The molecule has 0 radical (unpaired) electrons. The Kier molecular flexibility index (Phi) is 10.9. The Balaban J connectivity index is 1.13. The zero-order valence-corrected chi connectivity index (χ0v) is 42.5. The van der Waals surface area contributed by atoms with Gasteiger partial charge in [-0.15, -0.1) is 0 Å². The van der Waals surface area contributed by atoms with Gasteiger partial charge in [0.25, 0.3) is 0 Å². The zero-order valence-electron chi connectivity index (χ0n) is 42.5. The van der Waals surface area contributed by atoms with Crippen molar-refractivity contribution in [1.29, 1.82) is 0 Å². The largest absolute Gasteiger partial charge is 0.309 e. The number of hydrogen-bond donors (Lipinski definition) is 0. The molecule has 12 rings (SSSR count). The number of hydrogen-bond acceptors (Lipinski definition) is 0. The summed E-state index contributed by atoms with van der Waals surface area (Å²) in [5.41, 5.74) is 25.9. The molecule has 2 heterocycles. The van der Waals surface area contributed by atoms with Crippen molar-refractivity contribution in [2.75, 3.05) is 0 Å². The first kappa shape index (κ1) is 45.4. The molecule has 73 heavy (non-hydrogen) atoms. The Bertz CT molecular complexity index is 4110. The van der Waals surface area contributed by atoms with Crippen LogP contribution in [0.15, 0.2) is 182 Å². The summed E-state index contributed by atoms with van der Waals surface area (Å²) in [4.78, 5) is 3.96. The van der Waals surface area contributed by atoms with Gasteiger partial charge >= 0.3 is 0 Å². The van der Waals surface area contributed by atoms with Crippen molar-refractivity contribution in [3.8, 4) is 67.0 Å². The lowest BCUT2D eigenvalue weighted by Crippen LogP contribution is -2.03. The van der Waals surface area contributed by atoms with Gasteiger partial charge in [-0.05, 0) is 195 Å². The SMILES string of the molecule is [C-]#[N+]c1ccc(-n2c3ccc(-c4ccc(C)cc4C)cc3c3cc(-c4ccc(C)cc4C)ccc32)c(-c2c(F)cccc2-n2c3ccc(-c4ccc(C)cc4C)cc3c3cc(-c4ccc(C)cc4C)ccc32)c1. The molecule has 10 aromatic carbocycles. The van der Waals surface area contributed by atoms with E-state index in [4.69, 9.17) is 6.57 Å². The minimum Gasteiger partial charge on any atom is -0.309 e. The second kappa shape index (κ2) is 17.5. The van der Waals surface area contributed by atoms with Gasteiger partial charge in [-0.1, -0.05) is 131 Å². The van der Waals surface area contributed by atoms with Gasteiger partial charge in [-0.3, -0.25) is 0 Å². The monoisotopic (exact) mass is 943 g/mol. The third-order valence-electron chi connectivity index (χ3n) is 15.2. The van der Waals surface area contributed by atoms with E-state index in [9.17, 15) is 0 Å². The molecule has 0 aliphatic rings. The van der Waals surface area contributed by atoms with Crippen LogP contribution in [-0.4, -0.2) is 9.13 Å². The molecule has 0 spiro atoms. The number of benzene rings is 10. The molecule has 0 aliphatic carbocycles. The maximum absolute atomic E-state index is 17.7.